The topological polar surface area (TPSA) is 43.8 Å². The molecule has 1 amide bonds. The van der Waals surface area contributed by atoms with Crippen LogP contribution >= 0.6 is 12.4 Å². The summed E-state index contributed by atoms with van der Waals surface area (Å²) in [5.41, 5.74) is 0. The Bertz CT molecular complexity index is 163. The SMILES string of the molecule is CN(C)C(=O)C1CCCN1O.Cl. The fourth-order valence-electron chi connectivity index (χ4n) is 1.30. The fourth-order valence-corrected chi connectivity index (χ4v) is 1.30. The molecule has 0 radical (unpaired) electrons. The Hall–Kier alpha value is -0.320. The number of likely N-dealkylation sites (N-methyl/N-ethyl adjacent to an activating group) is 1. The quantitative estimate of drug-likeness (QED) is 0.655. The molecule has 1 saturated heterocycles. The molecule has 4 nitrogen and oxygen atoms in total. The van der Waals surface area contributed by atoms with Crippen LogP contribution in [0.15, 0.2) is 0 Å². The molecule has 0 aromatic rings. The third-order valence-electron chi connectivity index (χ3n) is 1.95. The average Bonchev–Trinajstić information content (AvgIpc) is 2.33. The van der Waals surface area contributed by atoms with E-state index in [1.165, 1.54) is 4.90 Å². The van der Waals surface area contributed by atoms with Crippen molar-refractivity contribution in [2.24, 2.45) is 0 Å². The van der Waals surface area contributed by atoms with E-state index in [1.54, 1.807) is 14.1 Å². The second-order valence-electron chi connectivity index (χ2n) is 3.05. The van der Waals surface area contributed by atoms with Gasteiger partial charge >= 0.3 is 0 Å². The molecule has 1 atom stereocenters. The molecule has 1 heterocycles. The van der Waals surface area contributed by atoms with Crippen molar-refractivity contribution >= 4 is 18.3 Å². The van der Waals surface area contributed by atoms with Gasteiger partial charge in [0.25, 0.3) is 0 Å². The van der Waals surface area contributed by atoms with Crippen molar-refractivity contribution in [2.45, 2.75) is 18.9 Å². The van der Waals surface area contributed by atoms with Crippen LogP contribution in [-0.2, 0) is 4.79 Å². The Morgan fingerprint density at radius 2 is 2.17 bits per heavy atom. The van der Waals surface area contributed by atoms with Crippen LogP contribution in [0.1, 0.15) is 12.8 Å². The molecule has 5 heteroatoms. The van der Waals surface area contributed by atoms with Gasteiger partial charge in [-0.1, -0.05) is 0 Å². The summed E-state index contributed by atoms with van der Waals surface area (Å²) < 4.78 is 0. The molecule has 0 aliphatic carbocycles. The van der Waals surface area contributed by atoms with Crippen molar-refractivity contribution in [3.63, 3.8) is 0 Å². The number of hydrogen-bond donors (Lipinski definition) is 1. The lowest BCUT2D eigenvalue weighted by molar-refractivity contribution is -0.152. The Morgan fingerprint density at radius 3 is 2.50 bits per heavy atom. The van der Waals surface area contributed by atoms with Crippen molar-refractivity contribution in [1.29, 1.82) is 0 Å². The van der Waals surface area contributed by atoms with Gasteiger partial charge in [-0.2, -0.15) is 5.06 Å². The lowest BCUT2D eigenvalue weighted by atomic mass is 10.2. The van der Waals surface area contributed by atoms with Gasteiger partial charge < -0.3 is 10.1 Å². The summed E-state index contributed by atoms with van der Waals surface area (Å²) in [6.45, 7) is 0.615. The summed E-state index contributed by atoms with van der Waals surface area (Å²) in [6.07, 6.45) is 1.67. The van der Waals surface area contributed by atoms with E-state index in [0.717, 1.165) is 17.9 Å². The van der Waals surface area contributed by atoms with E-state index >= 15 is 0 Å². The Labute approximate surface area is 78.5 Å². The first-order valence-electron chi connectivity index (χ1n) is 3.79. The number of hydrogen-bond acceptors (Lipinski definition) is 3. The summed E-state index contributed by atoms with van der Waals surface area (Å²) in [5, 5.41) is 10.3. The Morgan fingerprint density at radius 1 is 1.58 bits per heavy atom. The predicted octanol–water partition coefficient (Wildman–Crippen LogP) is 0.350. The van der Waals surface area contributed by atoms with Gasteiger partial charge in [-0.15, -0.1) is 12.4 Å². The average molecular weight is 195 g/mol. The van der Waals surface area contributed by atoms with Crippen molar-refractivity contribution in [2.75, 3.05) is 20.6 Å². The molecule has 0 spiro atoms. The molecule has 72 valence electrons. The lowest BCUT2D eigenvalue weighted by Crippen LogP contribution is -2.40. The van der Waals surface area contributed by atoms with Gasteiger partial charge in [0.2, 0.25) is 5.91 Å². The van der Waals surface area contributed by atoms with Crippen LogP contribution in [-0.4, -0.2) is 47.8 Å². The normalized spacial score (nSPS) is 23.4. The lowest BCUT2D eigenvalue weighted by Gasteiger charge is -2.20. The maximum absolute atomic E-state index is 11.3. The highest BCUT2D eigenvalue weighted by molar-refractivity contribution is 5.85. The first kappa shape index (κ1) is 11.7. The zero-order valence-corrected chi connectivity index (χ0v) is 8.17. The van der Waals surface area contributed by atoms with Crippen LogP contribution < -0.4 is 0 Å². The van der Waals surface area contributed by atoms with E-state index in [1.807, 2.05) is 0 Å². The maximum Gasteiger partial charge on any atom is 0.241 e. The summed E-state index contributed by atoms with van der Waals surface area (Å²) in [7, 11) is 3.41. The maximum atomic E-state index is 11.3. The minimum Gasteiger partial charge on any atom is -0.347 e. The first-order valence-corrected chi connectivity index (χ1v) is 3.79. The van der Waals surface area contributed by atoms with Gasteiger partial charge in [0.15, 0.2) is 0 Å². The van der Waals surface area contributed by atoms with Gasteiger partial charge in [-0.25, -0.2) is 0 Å². The van der Waals surface area contributed by atoms with Crippen LogP contribution in [0, 0.1) is 0 Å². The second kappa shape index (κ2) is 4.64. The van der Waals surface area contributed by atoms with Crippen molar-refractivity contribution in [1.82, 2.24) is 9.96 Å². The van der Waals surface area contributed by atoms with Crippen LogP contribution in [0.3, 0.4) is 0 Å². The molecule has 12 heavy (non-hydrogen) atoms. The summed E-state index contributed by atoms with van der Waals surface area (Å²) in [4.78, 5) is 12.8. The van der Waals surface area contributed by atoms with E-state index < -0.39 is 0 Å². The van der Waals surface area contributed by atoms with Gasteiger partial charge in [-0.3, -0.25) is 4.79 Å². The number of rotatable bonds is 1. The highest BCUT2D eigenvalue weighted by atomic mass is 35.5. The molecule has 0 aromatic heterocycles. The van der Waals surface area contributed by atoms with Crippen molar-refractivity contribution < 1.29 is 10.0 Å². The molecular formula is C7H15ClN2O2. The predicted molar refractivity (Wildman–Crippen MR) is 47.5 cm³/mol. The Kier molecular flexibility index (Phi) is 4.52. The molecule has 0 bridgehead atoms. The van der Waals surface area contributed by atoms with Gasteiger partial charge in [-0.05, 0) is 12.8 Å². The summed E-state index contributed by atoms with van der Waals surface area (Å²) >= 11 is 0. The van der Waals surface area contributed by atoms with E-state index in [4.69, 9.17) is 0 Å². The zero-order chi connectivity index (χ0) is 8.43. The standard InChI is InChI=1S/C7H14N2O2.ClH/c1-8(2)7(10)6-4-3-5-9(6)11;/h6,11H,3-5H2,1-2H3;1H. The highest BCUT2D eigenvalue weighted by Gasteiger charge is 2.30. The molecule has 1 fully saturated rings. The molecule has 0 saturated carbocycles. The minimum absolute atomic E-state index is 0. The highest BCUT2D eigenvalue weighted by Crippen LogP contribution is 2.15. The first-order chi connectivity index (χ1) is 5.13. The van der Waals surface area contributed by atoms with Gasteiger partial charge in [0, 0.05) is 20.6 Å². The summed E-state index contributed by atoms with van der Waals surface area (Å²) in [5.74, 6) is -0.00926. The largest absolute Gasteiger partial charge is 0.347 e. The van der Waals surface area contributed by atoms with Crippen LogP contribution in [0.25, 0.3) is 0 Å². The number of nitrogens with zero attached hydrogens (tertiary/aromatic N) is 2. The van der Waals surface area contributed by atoms with E-state index in [0.29, 0.717) is 6.54 Å². The third kappa shape index (κ3) is 2.33. The van der Waals surface area contributed by atoms with E-state index in [-0.39, 0.29) is 24.4 Å². The molecule has 1 aliphatic heterocycles. The Balaban J connectivity index is 0.00000121. The molecule has 1 unspecified atom stereocenters. The van der Waals surface area contributed by atoms with E-state index in [2.05, 4.69) is 0 Å². The van der Waals surface area contributed by atoms with Gasteiger partial charge in [0.1, 0.15) is 6.04 Å². The molecule has 0 aromatic carbocycles. The minimum atomic E-state index is -0.301. The molecular weight excluding hydrogens is 180 g/mol. The van der Waals surface area contributed by atoms with Crippen LogP contribution in [0.5, 0.6) is 0 Å². The number of halogens is 1. The summed E-state index contributed by atoms with van der Waals surface area (Å²) in [6, 6.07) is -0.301. The number of amides is 1. The molecule has 1 aliphatic rings. The number of carbonyl (C=O) groups is 1. The smallest absolute Gasteiger partial charge is 0.241 e. The van der Waals surface area contributed by atoms with Crippen LogP contribution in [0.4, 0.5) is 0 Å². The monoisotopic (exact) mass is 194 g/mol. The van der Waals surface area contributed by atoms with Crippen molar-refractivity contribution in [3.8, 4) is 0 Å². The third-order valence-corrected chi connectivity index (χ3v) is 1.95. The molecule has 1 N–H and O–H groups in total. The fraction of sp³-hybridized carbons (Fsp3) is 0.857. The van der Waals surface area contributed by atoms with Crippen molar-refractivity contribution in [3.05, 3.63) is 0 Å². The van der Waals surface area contributed by atoms with Crippen LogP contribution in [0.2, 0.25) is 0 Å². The van der Waals surface area contributed by atoms with E-state index in [9.17, 15) is 10.0 Å². The number of carbonyl (C=O) groups excluding carboxylic acids is 1. The zero-order valence-electron chi connectivity index (χ0n) is 7.36. The van der Waals surface area contributed by atoms with Gasteiger partial charge in [0.05, 0.1) is 0 Å². The number of hydroxylamine groups is 2. The molecule has 1 rings (SSSR count). The second-order valence-corrected chi connectivity index (χ2v) is 3.05.